The Bertz CT molecular complexity index is 705. The van der Waals surface area contributed by atoms with E-state index in [-0.39, 0.29) is 11.6 Å². The Labute approximate surface area is 125 Å². The number of aliphatic carboxylic acids is 1. The van der Waals surface area contributed by atoms with Crippen molar-refractivity contribution in [2.24, 2.45) is 0 Å². The first-order valence-electron chi connectivity index (χ1n) is 6.84. The first-order valence-corrected chi connectivity index (χ1v) is 6.84. The molecule has 1 aromatic heterocycles. The summed E-state index contributed by atoms with van der Waals surface area (Å²) in [7, 11) is 0. The molecule has 1 amide bonds. The van der Waals surface area contributed by atoms with Gasteiger partial charge in [-0.15, -0.1) is 0 Å². The fourth-order valence-corrected chi connectivity index (χ4v) is 1.96. The summed E-state index contributed by atoms with van der Waals surface area (Å²) in [6.07, 6.45) is 2.14. The topological polar surface area (TPSA) is 102 Å². The lowest BCUT2D eigenvalue weighted by atomic mass is 10.2. The van der Waals surface area contributed by atoms with E-state index >= 15 is 0 Å². The molecular formula is C15H14N2O5. The number of carbonyl (C=O) groups excluding carboxylic acids is 1. The van der Waals surface area contributed by atoms with E-state index in [1.54, 1.807) is 30.3 Å². The summed E-state index contributed by atoms with van der Waals surface area (Å²) in [5.74, 6) is 0.0418. The van der Waals surface area contributed by atoms with Gasteiger partial charge in [0.2, 0.25) is 0 Å². The van der Waals surface area contributed by atoms with E-state index in [1.165, 1.54) is 0 Å². The molecule has 0 radical (unpaired) electrons. The lowest BCUT2D eigenvalue weighted by Gasteiger charge is -2.06. The first-order chi connectivity index (χ1) is 10.6. The highest BCUT2D eigenvalue weighted by atomic mass is 16.5. The normalized spacial score (nSPS) is 13.6. The van der Waals surface area contributed by atoms with Crippen LogP contribution in [0, 0.1) is 0 Å². The summed E-state index contributed by atoms with van der Waals surface area (Å²) in [5.41, 5.74) is 0.711. The minimum Gasteiger partial charge on any atom is -0.482 e. The second kappa shape index (κ2) is 5.88. The molecule has 1 heterocycles. The lowest BCUT2D eigenvalue weighted by molar-refractivity contribution is -0.139. The number of carboxylic acids is 1. The lowest BCUT2D eigenvalue weighted by Crippen LogP contribution is -2.13. The van der Waals surface area contributed by atoms with Crippen molar-refractivity contribution < 1.29 is 24.0 Å². The van der Waals surface area contributed by atoms with Gasteiger partial charge in [-0.3, -0.25) is 4.79 Å². The number of carbonyl (C=O) groups is 2. The number of nitrogens with zero attached hydrogens (tertiary/aromatic N) is 1. The van der Waals surface area contributed by atoms with Gasteiger partial charge in [-0.2, -0.15) is 0 Å². The number of carboxylic acid groups (broad SMARTS) is 1. The van der Waals surface area contributed by atoms with Crippen LogP contribution in [0.15, 0.2) is 34.9 Å². The number of benzene rings is 1. The van der Waals surface area contributed by atoms with Crippen molar-refractivity contribution >= 4 is 17.6 Å². The number of rotatable bonds is 6. The Morgan fingerprint density at radius 3 is 2.91 bits per heavy atom. The molecule has 1 saturated carbocycles. The summed E-state index contributed by atoms with van der Waals surface area (Å²) in [5, 5.41) is 15.0. The Hall–Kier alpha value is -2.83. The predicted octanol–water partition coefficient (Wildman–Crippen LogP) is 2.27. The molecule has 2 aromatic rings. The third kappa shape index (κ3) is 3.43. The van der Waals surface area contributed by atoms with E-state index in [0.717, 1.165) is 18.6 Å². The molecule has 2 N–H and O–H groups in total. The van der Waals surface area contributed by atoms with Gasteiger partial charge in [0.25, 0.3) is 5.91 Å². The number of amides is 1. The largest absolute Gasteiger partial charge is 0.482 e. The van der Waals surface area contributed by atoms with Gasteiger partial charge in [0.15, 0.2) is 12.3 Å². The van der Waals surface area contributed by atoms with Crippen molar-refractivity contribution in [3.8, 4) is 5.75 Å². The van der Waals surface area contributed by atoms with Crippen LogP contribution >= 0.6 is 0 Å². The summed E-state index contributed by atoms with van der Waals surface area (Å²) in [4.78, 5) is 22.5. The maximum atomic E-state index is 12.1. The molecule has 3 rings (SSSR count). The van der Waals surface area contributed by atoms with Crippen LogP contribution in [0.5, 0.6) is 5.75 Å². The zero-order chi connectivity index (χ0) is 15.5. The van der Waals surface area contributed by atoms with Gasteiger partial charge in [-0.1, -0.05) is 11.2 Å². The summed E-state index contributed by atoms with van der Waals surface area (Å²) in [6.45, 7) is -0.439. The number of hydrogen-bond donors (Lipinski definition) is 2. The second-order valence-electron chi connectivity index (χ2n) is 5.05. The molecule has 0 bridgehead atoms. The van der Waals surface area contributed by atoms with E-state index in [9.17, 15) is 9.59 Å². The molecule has 0 unspecified atom stereocenters. The van der Waals surface area contributed by atoms with Gasteiger partial charge >= 0.3 is 5.97 Å². The average Bonchev–Trinajstić information content (AvgIpc) is 3.22. The van der Waals surface area contributed by atoms with Crippen molar-refractivity contribution in [2.45, 2.75) is 18.8 Å². The van der Waals surface area contributed by atoms with Crippen LogP contribution in [0.4, 0.5) is 5.69 Å². The Morgan fingerprint density at radius 1 is 1.36 bits per heavy atom. The highest BCUT2D eigenvalue weighted by molar-refractivity contribution is 6.02. The van der Waals surface area contributed by atoms with Crippen molar-refractivity contribution in [1.82, 2.24) is 5.16 Å². The van der Waals surface area contributed by atoms with Crippen LogP contribution in [0.2, 0.25) is 0 Å². The van der Waals surface area contributed by atoms with Gasteiger partial charge in [0, 0.05) is 23.7 Å². The standard InChI is InChI=1S/C15H14N2O5/c18-14(19)8-21-11-3-1-2-10(6-11)16-15(20)12-7-13(22-17-12)9-4-5-9/h1-3,6-7,9H,4-5,8H2,(H,16,20)(H,18,19). The number of nitrogens with one attached hydrogen (secondary N) is 1. The van der Waals surface area contributed by atoms with Crippen LogP contribution < -0.4 is 10.1 Å². The molecule has 1 aliphatic carbocycles. The van der Waals surface area contributed by atoms with Gasteiger partial charge in [-0.25, -0.2) is 4.79 Å². The highest BCUT2D eigenvalue weighted by Crippen LogP contribution is 2.40. The van der Waals surface area contributed by atoms with Crippen LogP contribution in [-0.2, 0) is 4.79 Å². The monoisotopic (exact) mass is 302 g/mol. The molecule has 1 aromatic carbocycles. The number of aromatic nitrogens is 1. The minimum atomic E-state index is -1.07. The molecule has 22 heavy (non-hydrogen) atoms. The van der Waals surface area contributed by atoms with E-state index in [1.807, 2.05) is 0 Å². The van der Waals surface area contributed by atoms with Crippen molar-refractivity contribution in [3.05, 3.63) is 41.8 Å². The molecule has 0 atom stereocenters. The van der Waals surface area contributed by atoms with Gasteiger partial charge in [-0.05, 0) is 25.0 Å². The molecule has 0 aliphatic heterocycles. The average molecular weight is 302 g/mol. The fourth-order valence-electron chi connectivity index (χ4n) is 1.96. The van der Waals surface area contributed by atoms with E-state index in [2.05, 4.69) is 10.5 Å². The predicted molar refractivity (Wildman–Crippen MR) is 76.0 cm³/mol. The second-order valence-corrected chi connectivity index (χ2v) is 5.05. The van der Waals surface area contributed by atoms with E-state index in [0.29, 0.717) is 17.4 Å². The maximum absolute atomic E-state index is 12.1. The quantitative estimate of drug-likeness (QED) is 0.848. The van der Waals surface area contributed by atoms with E-state index < -0.39 is 12.6 Å². The molecule has 1 fully saturated rings. The number of hydrogen-bond acceptors (Lipinski definition) is 5. The highest BCUT2D eigenvalue weighted by Gasteiger charge is 2.28. The zero-order valence-electron chi connectivity index (χ0n) is 11.6. The Morgan fingerprint density at radius 2 is 2.18 bits per heavy atom. The van der Waals surface area contributed by atoms with Crippen LogP contribution in [-0.4, -0.2) is 28.7 Å². The SMILES string of the molecule is O=C(O)COc1cccc(NC(=O)c2cc(C3CC3)on2)c1. The van der Waals surface area contributed by atoms with Gasteiger partial charge in [0.05, 0.1) is 0 Å². The summed E-state index contributed by atoms with van der Waals surface area (Å²) < 4.78 is 10.2. The Balaban J connectivity index is 1.64. The number of anilines is 1. The third-order valence-electron chi connectivity index (χ3n) is 3.19. The van der Waals surface area contributed by atoms with Gasteiger partial charge < -0.3 is 19.7 Å². The summed E-state index contributed by atoms with van der Waals surface area (Å²) in [6, 6.07) is 8.14. The molecule has 114 valence electrons. The molecular weight excluding hydrogens is 288 g/mol. The van der Waals surface area contributed by atoms with Crippen LogP contribution in [0.3, 0.4) is 0 Å². The summed E-state index contributed by atoms with van der Waals surface area (Å²) >= 11 is 0. The van der Waals surface area contributed by atoms with E-state index in [4.69, 9.17) is 14.4 Å². The van der Waals surface area contributed by atoms with Crippen LogP contribution in [0.1, 0.15) is 35.0 Å². The van der Waals surface area contributed by atoms with Gasteiger partial charge in [0.1, 0.15) is 11.5 Å². The zero-order valence-corrected chi connectivity index (χ0v) is 11.6. The Kier molecular flexibility index (Phi) is 3.78. The smallest absolute Gasteiger partial charge is 0.341 e. The molecule has 7 heteroatoms. The minimum absolute atomic E-state index is 0.221. The third-order valence-corrected chi connectivity index (χ3v) is 3.19. The molecule has 1 aliphatic rings. The molecule has 0 spiro atoms. The van der Waals surface area contributed by atoms with Crippen LogP contribution in [0.25, 0.3) is 0 Å². The van der Waals surface area contributed by atoms with Crippen molar-refractivity contribution in [3.63, 3.8) is 0 Å². The number of ether oxygens (including phenoxy) is 1. The maximum Gasteiger partial charge on any atom is 0.341 e. The first kappa shape index (κ1) is 14.1. The molecule has 7 nitrogen and oxygen atoms in total. The van der Waals surface area contributed by atoms with Crippen molar-refractivity contribution in [2.75, 3.05) is 11.9 Å². The van der Waals surface area contributed by atoms with Crippen molar-refractivity contribution in [1.29, 1.82) is 0 Å². The fraction of sp³-hybridized carbons (Fsp3) is 0.267. The molecule has 0 saturated heterocycles.